The molecule has 1 amide bonds. The van der Waals surface area contributed by atoms with Gasteiger partial charge in [0, 0.05) is 63.5 Å². The predicted octanol–water partition coefficient (Wildman–Crippen LogP) is 3.27. The zero-order valence-electron chi connectivity index (χ0n) is 24.9. The van der Waals surface area contributed by atoms with Crippen LogP contribution in [0.25, 0.3) is 0 Å². The highest BCUT2D eigenvalue weighted by Crippen LogP contribution is 2.31. The standard InChI is InChI=1S/C30H43ClF2N8O2/c1-2-21-19-40(29-27(31)36-26(28(34)37-29)30(43)35-10-17-42)15-16-41(21)22-8-13-38(14-9-22)18-20-6-7-23(25(33)24(20)32)39-11-4-3-5-12-39/h6-7,21-22,42H,2-5,8-19H2,1H3,(H2,34,37)(H,35,43)/t21-/m0/s1. The van der Waals surface area contributed by atoms with Gasteiger partial charge < -0.3 is 26.0 Å². The molecule has 3 aliphatic rings. The summed E-state index contributed by atoms with van der Waals surface area (Å²) < 4.78 is 30.1. The van der Waals surface area contributed by atoms with E-state index in [0.717, 1.165) is 71.2 Å². The number of hydrogen-bond acceptors (Lipinski definition) is 9. The average Bonchev–Trinajstić information content (AvgIpc) is 3.03. The van der Waals surface area contributed by atoms with E-state index in [1.54, 1.807) is 12.1 Å². The first kappa shape index (κ1) is 31.6. The quantitative estimate of drug-likeness (QED) is 0.389. The van der Waals surface area contributed by atoms with Crippen LogP contribution in [0.4, 0.5) is 26.1 Å². The third kappa shape index (κ3) is 7.13. The summed E-state index contributed by atoms with van der Waals surface area (Å²) in [4.78, 5) is 29.8. The van der Waals surface area contributed by atoms with Crippen molar-refractivity contribution in [3.63, 3.8) is 0 Å². The molecule has 1 aromatic heterocycles. The number of rotatable bonds is 9. The summed E-state index contributed by atoms with van der Waals surface area (Å²) in [5, 5.41) is 11.6. The summed E-state index contributed by atoms with van der Waals surface area (Å²) in [7, 11) is 0. The molecule has 0 unspecified atom stereocenters. The molecule has 236 valence electrons. The van der Waals surface area contributed by atoms with Crippen molar-refractivity contribution in [1.29, 1.82) is 0 Å². The van der Waals surface area contributed by atoms with E-state index in [-0.39, 0.29) is 35.9 Å². The zero-order valence-corrected chi connectivity index (χ0v) is 25.6. The fourth-order valence-corrected chi connectivity index (χ4v) is 6.92. The van der Waals surface area contributed by atoms with Crippen molar-refractivity contribution in [3.8, 4) is 0 Å². The normalized spacial score (nSPS) is 20.9. The van der Waals surface area contributed by atoms with E-state index in [1.807, 2.05) is 4.90 Å². The number of anilines is 3. The number of carbonyl (C=O) groups is 1. The maximum atomic E-state index is 15.1. The number of amides is 1. The Labute approximate surface area is 257 Å². The number of nitrogen functional groups attached to an aromatic ring is 1. The highest BCUT2D eigenvalue weighted by molar-refractivity contribution is 6.32. The van der Waals surface area contributed by atoms with Gasteiger partial charge in [-0.3, -0.25) is 14.6 Å². The van der Waals surface area contributed by atoms with Crippen molar-refractivity contribution in [1.82, 2.24) is 25.1 Å². The number of aromatic nitrogens is 2. The Morgan fingerprint density at radius 3 is 2.49 bits per heavy atom. The predicted molar refractivity (Wildman–Crippen MR) is 165 cm³/mol. The highest BCUT2D eigenvalue weighted by Gasteiger charge is 2.35. The molecule has 4 heterocycles. The number of carbonyl (C=O) groups excluding carboxylic acids is 1. The van der Waals surface area contributed by atoms with Crippen molar-refractivity contribution in [2.24, 2.45) is 0 Å². The molecule has 5 rings (SSSR count). The number of nitrogens with zero attached hydrogens (tertiary/aromatic N) is 6. The highest BCUT2D eigenvalue weighted by atomic mass is 35.5. The van der Waals surface area contributed by atoms with Gasteiger partial charge in [-0.15, -0.1) is 0 Å². The third-order valence-corrected chi connectivity index (χ3v) is 9.29. The van der Waals surface area contributed by atoms with Crippen LogP contribution in [-0.2, 0) is 6.54 Å². The number of piperazine rings is 1. The smallest absolute Gasteiger partial charge is 0.273 e. The van der Waals surface area contributed by atoms with Gasteiger partial charge in [0.2, 0.25) is 0 Å². The number of piperidine rings is 2. The summed E-state index contributed by atoms with van der Waals surface area (Å²) >= 11 is 6.47. The van der Waals surface area contributed by atoms with Crippen molar-refractivity contribution in [2.45, 2.75) is 64.1 Å². The second-order valence-electron chi connectivity index (χ2n) is 11.7. The first-order valence-electron chi connectivity index (χ1n) is 15.5. The van der Waals surface area contributed by atoms with Gasteiger partial charge in [0.25, 0.3) is 5.91 Å². The topological polar surface area (TPSA) is 114 Å². The molecule has 3 aliphatic heterocycles. The first-order chi connectivity index (χ1) is 20.8. The molecule has 1 atom stereocenters. The van der Waals surface area contributed by atoms with E-state index >= 15 is 4.39 Å². The summed E-state index contributed by atoms with van der Waals surface area (Å²) in [6, 6.07) is 4.18. The molecule has 4 N–H and O–H groups in total. The lowest BCUT2D eigenvalue weighted by atomic mass is 9.97. The molecule has 3 fully saturated rings. The van der Waals surface area contributed by atoms with Crippen LogP contribution in [0.3, 0.4) is 0 Å². The molecule has 0 saturated carbocycles. The molecule has 0 bridgehead atoms. The van der Waals surface area contributed by atoms with E-state index in [9.17, 15) is 9.18 Å². The largest absolute Gasteiger partial charge is 0.395 e. The second kappa shape index (κ2) is 14.3. The van der Waals surface area contributed by atoms with E-state index in [2.05, 4.69) is 36.9 Å². The Morgan fingerprint density at radius 2 is 1.79 bits per heavy atom. The zero-order chi connectivity index (χ0) is 30.5. The van der Waals surface area contributed by atoms with Crippen LogP contribution in [-0.4, -0.2) is 102 Å². The number of hydrogen-bond donors (Lipinski definition) is 3. The molecule has 3 saturated heterocycles. The van der Waals surface area contributed by atoms with Crippen molar-refractivity contribution in [3.05, 3.63) is 40.2 Å². The Balaban J connectivity index is 1.17. The summed E-state index contributed by atoms with van der Waals surface area (Å²) in [6.45, 7) is 7.88. The summed E-state index contributed by atoms with van der Waals surface area (Å²) in [5.41, 5.74) is 6.82. The van der Waals surface area contributed by atoms with Gasteiger partial charge >= 0.3 is 0 Å². The Bertz CT molecular complexity index is 1270. The van der Waals surface area contributed by atoms with Crippen molar-refractivity contribution in [2.75, 3.05) is 74.5 Å². The Kier molecular flexibility index (Phi) is 10.5. The van der Waals surface area contributed by atoms with Crippen LogP contribution in [0.1, 0.15) is 61.5 Å². The van der Waals surface area contributed by atoms with Gasteiger partial charge in [0.1, 0.15) is 0 Å². The van der Waals surface area contributed by atoms with Crippen molar-refractivity contribution >= 4 is 34.8 Å². The number of aliphatic hydroxyl groups excluding tert-OH is 1. The number of nitrogens with two attached hydrogens (primary N) is 1. The Hall–Kier alpha value is -2.80. The SMILES string of the molecule is CC[C@H]1CN(c2nc(N)c(C(=O)NCCO)nc2Cl)CCN1C1CCN(Cc2ccc(N3CCCCC3)c(F)c2F)CC1. The van der Waals surface area contributed by atoms with Gasteiger partial charge in [-0.1, -0.05) is 24.6 Å². The molecule has 43 heavy (non-hydrogen) atoms. The second-order valence-corrected chi connectivity index (χ2v) is 12.1. The van der Waals surface area contributed by atoms with Gasteiger partial charge in [0.05, 0.1) is 12.3 Å². The van der Waals surface area contributed by atoms with Crippen molar-refractivity contribution < 1.29 is 18.7 Å². The molecule has 0 radical (unpaired) electrons. The van der Waals surface area contributed by atoms with Crippen LogP contribution < -0.4 is 20.9 Å². The molecule has 1 aromatic carbocycles. The lowest BCUT2D eigenvalue weighted by Gasteiger charge is -2.47. The molecule has 0 aliphatic carbocycles. The van der Waals surface area contributed by atoms with Gasteiger partial charge in [-0.25, -0.2) is 18.7 Å². The van der Waals surface area contributed by atoms with E-state index in [4.69, 9.17) is 22.4 Å². The Morgan fingerprint density at radius 1 is 1.05 bits per heavy atom. The monoisotopic (exact) mass is 620 g/mol. The molecule has 0 spiro atoms. The number of nitrogens with one attached hydrogen (secondary N) is 1. The van der Waals surface area contributed by atoms with Crippen LogP contribution in [0.15, 0.2) is 12.1 Å². The maximum absolute atomic E-state index is 15.1. The minimum atomic E-state index is -0.718. The molecule has 10 nitrogen and oxygen atoms in total. The van der Waals surface area contributed by atoms with Gasteiger partial charge in [-0.05, 0) is 57.7 Å². The van der Waals surface area contributed by atoms with E-state index in [0.29, 0.717) is 42.7 Å². The molecule has 13 heteroatoms. The fraction of sp³-hybridized carbons (Fsp3) is 0.633. The number of likely N-dealkylation sites (tertiary alicyclic amines) is 1. The summed E-state index contributed by atoms with van der Waals surface area (Å²) in [5.74, 6) is -1.50. The maximum Gasteiger partial charge on any atom is 0.273 e. The lowest BCUT2D eigenvalue weighted by Crippen LogP contribution is -2.58. The number of halogens is 3. The number of benzene rings is 1. The van der Waals surface area contributed by atoms with Crippen LogP contribution in [0.5, 0.6) is 0 Å². The lowest BCUT2D eigenvalue weighted by molar-refractivity contribution is 0.0607. The van der Waals surface area contributed by atoms with Crippen LogP contribution in [0, 0.1) is 11.6 Å². The third-order valence-electron chi connectivity index (χ3n) is 9.03. The molecular weight excluding hydrogens is 578 g/mol. The average molecular weight is 621 g/mol. The first-order valence-corrected chi connectivity index (χ1v) is 15.8. The summed E-state index contributed by atoms with van der Waals surface area (Å²) in [6.07, 6.45) is 6.02. The fourth-order valence-electron chi connectivity index (χ4n) is 6.68. The molecular formula is C30H43ClF2N8O2. The van der Waals surface area contributed by atoms with Crippen LogP contribution in [0.2, 0.25) is 5.15 Å². The van der Waals surface area contributed by atoms with E-state index in [1.165, 1.54) is 0 Å². The minimum Gasteiger partial charge on any atom is -0.395 e. The van der Waals surface area contributed by atoms with Gasteiger partial charge in [-0.2, -0.15) is 0 Å². The molecule has 2 aromatic rings. The number of aliphatic hydroxyl groups is 1. The minimum absolute atomic E-state index is 0.00450. The van der Waals surface area contributed by atoms with Gasteiger partial charge in [0.15, 0.2) is 34.1 Å². The van der Waals surface area contributed by atoms with Crippen LogP contribution >= 0.6 is 11.6 Å². The van der Waals surface area contributed by atoms with E-state index < -0.39 is 17.5 Å².